The van der Waals surface area contributed by atoms with Crippen LogP contribution in [0.15, 0.2) is 0 Å². The lowest BCUT2D eigenvalue weighted by atomic mass is 9.82. The molecule has 1 saturated carbocycles. The molecule has 1 heterocycles. The lowest BCUT2D eigenvalue weighted by Gasteiger charge is -2.30. The van der Waals surface area contributed by atoms with Gasteiger partial charge in [0, 0.05) is 14.1 Å². The monoisotopic (exact) mass is 310 g/mol. The Bertz CT molecular complexity index is 499. The highest BCUT2D eigenvalue weighted by Gasteiger charge is 2.51. The summed E-state index contributed by atoms with van der Waals surface area (Å²) in [7, 11) is 2.94. The average molecular weight is 310 g/mol. The Morgan fingerprint density at radius 1 is 1.27 bits per heavy atom. The van der Waals surface area contributed by atoms with Gasteiger partial charge in [-0.1, -0.05) is 19.3 Å². The molecule has 0 aromatic carbocycles. The molecule has 8 heteroatoms. The van der Waals surface area contributed by atoms with Gasteiger partial charge < -0.3 is 15.5 Å². The molecule has 2 N–H and O–H groups in total. The summed E-state index contributed by atoms with van der Waals surface area (Å²) in [6.45, 7) is -0.440. The van der Waals surface area contributed by atoms with Crippen molar-refractivity contribution in [2.75, 3.05) is 27.2 Å². The molecule has 2 fully saturated rings. The van der Waals surface area contributed by atoms with Gasteiger partial charge in [-0.3, -0.25) is 19.3 Å². The summed E-state index contributed by atoms with van der Waals surface area (Å²) < 4.78 is 0. The van der Waals surface area contributed by atoms with Crippen molar-refractivity contribution in [3.05, 3.63) is 0 Å². The van der Waals surface area contributed by atoms with Gasteiger partial charge in [-0.2, -0.15) is 0 Å². The molecule has 1 aliphatic heterocycles. The van der Waals surface area contributed by atoms with Gasteiger partial charge in [-0.25, -0.2) is 4.79 Å². The minimum atomic E-state index is -0.824. The van der Waals surface area contributed by atoms with Crippen LogP contribution in [0.1, 0.15) is 32.1 Å². The van der Waals surface area contributed by atoms with Crippen molar-refractivity contribution in [2.24, 2.45) is 0 Å². The van der Waals surface area contributed by atoms with E-state index in [4.69, 9.17) is 0 Å². The van der Waals surface area contributed by atoms with E-state index in [0.29, 0.717) is 12.8 Å². The number of nitrogens with zero attached hydrogens (tertiary/aromatic N) is 2. The first-order valence-corrected chi connectivity index (χ1v) is 7.48. The van der Waals surface area contributed by atoms with Crippen LogP contribution >= 0.6 is 0 Å². The van der Waals surface area contributed by atoms with Crippen molar-refractivity contribution in [1.29, 1.82) is 0 Å². The molecule has 5 amide bonds. The minimum Gasteiger partial charge on any atom is -0.358 e. The molecule has 0 aromatic rings. The fraction of sp³-hybridized carbons (Fsp3) is 0.714. The van der Waals surface area contributed by atoms with E-state index < -0.39 is 17.5 Å². The van der Waals surface area contributed by atoms with Crippen molar-refractivity contribution in [2.45, 2.75) is 37.6 Å². The predicted octanol–water partition coefficient (Wildman–Crippen LogP) is -0.554. The SMILES string of the molecule is CNC(=O)CN(C)C(=O)CN1C(=O)NC2(CCCCC2)C1=O. The number of hydrogen-bond donors (Lipinski definition) is 2. The van der Waals surface area contributed by atoms with Gasteiger partial charge in [-0.05, 0) is 12.8 Å². The van der Waals surface area contributed by atoms with E-state index >= 15 is 0 Å². The standard InChI is InChI=1S/C14H22N4O4/c1-15-10(19)8-17(2)11(20)9-18-12(21)14(16-13(18)22)6-4-3-5-7-14/h3-9H2,1-2H3,(H,15,19)(H,16,22). The molecule has 0 atom stereocenters. The number of carbonyl (C=O) groups is 4. The van der Waals surface area contributed by atoms with Crippen molar-refractivity contribution in [3.63, 3.8) is 0 Å². The lowest BCUT2D eigenvalue weighted by molar-refractivity contribution is -0.140. The summed E-state index contributed by atoms with van der Waals surface area (Å²) in [6.07, 6.45) is 4.08. The molecular weight excluding hydrogens is 288 g/mol. The number of urea groups is 1. The Hall–Kier alpha value is -2.12. The second-order valence-corrected chi connectivity index (χ2v) is 5.89. The third-order valence-corrected chi connectivity index (χ3v) is 4.33. The maximum absolute atomic E-state index is 12.5. The molecule has 1 spiro atoms. The first-order chi connectivity index (χ1) is 10.4. The first-order valence-electron chi connectivity index (χ1n) is 7.48. The van der Waals surface area contributed by atoms with E-state index in [9.17, 15) is 19.2 Å². The Labute approximate surface area is 129 Å². The third-order valence-electron chi connectivity index (χ3n) is 4.33. The second kappa shape index (κ2) is 6.33. The van der Waals surface area contributed by atoms with Gasteiger partial charge in [-0.15, -0.1) is 0 Å². The number of amides is 5. The molecular formula is C14H22N4O4. The van der Waals surface area contributed by atoms with Gasteiger partial charge >= 0.3 is 6.03 Å². The summed E-state index contributed by atoms with van der Waals surface area (Å²) in [6, 6.07) is -0.520. The number of carbonyl (C=O) groups excluding carboxylic acids is 4. The zero-order chi connectivity index (χ0) is 16.3. The van der Waals surface area contributed by atoms with Crippen LogP contribution in [0.3, 0.4) is 0 Å². The number of rotatable bonds is 4. The minimum absolute atomic E-state index is 0.107. The zero-order valence-corrected chi connectivity index (χ0v) is 13.0. The van der Waals surface area contributed by atoms with E-state index in [-0.39, 0.29) is 24.9 Å². The van der Waals surface area contributed by atoms with Crippen molar-refractivity contribution < 1.29 is 19.2 Å². The van der Waals surface area contributed by atoms with Crippen LogP contribution in [0.25, 0.3) is 0 Å². The van der Waals surface area contributed by atoms with Crippen LogP contribution in [-0.2, 0) is 14.4 Å². The highest BCUT2D eigenvalue weighted by atomic mass is 16.2. The van der Waals surface area contributed by atoms with Gasteiger partial charge in [0.1, 0.15) is 12.1 Å². The van der Waals surface area contributed by atoms with Crippen LogP contribution in [0.4, 0.5) is 4.79 Å². The van der Waals surface area contributed by atoms with Gasteiger partial charge in [0.2, 0.25) is 11.8 Å². The molecule has 0 bridgehead atoms. The van der Waals surface area contributed by atoms with E-state index in [0.717, 1.165) is 24.2 Å². The van der Waals surface area contributed by atoms with Crippen molar-refractivity contribution >= 4 is 23.8 Å². The van der Waals surface area contributed by atoms with E-state index in [2.05, 4.69) is 10.6 Å². The van der Waals surface area contributed by atoms with E-state index in [1.807, 2.05) is 0 Å². The predicted molar refractivity (Wildman–Crippen MR) is 77.8 cm³/mol. The molecule has 8 nitrogen and oxygen atoms in total. The molecule has 0 aromatic heterocycles. The molecule has 0 unspecified atom stereocenters. The largest absolute Gasteiger partial charge is 0.358 e. The van der Waals surface area contributed by atoms with Gasteiger partial charge in [0.25, 0.3) is 5.91 Å². The van der Waals surface area contributed by atoms with Crippen LogP contribution in [0.5, 0.6) is 0 Å². The summed E-state index contributed by atoms with van der Waals surface area (Å²) in [5.41, 5.74) is -0.824. The molecule has 2 rings (SSSR count). The normalized spacial score (nSPS) is 20.0. The zero-order valence-electron chi connectivity index (χ0n) is 13.0. The number of likely N-dealkylation sites (N-methyl/N-ethyl adjacent to an activating group) is 2. The van der Waals surface area contributed by atoms with Crippen molar-refractivity contribution in [3.8, 4) is 0 Å². The topological polar surface area (TPSA) is 98.8 Å². The Balaban J connectivity index is 2.00. The number of hydrogen-bond acceptors (Lipinski definition) is 4. The number of imide groups is 1. The van der Waals surface area contributed by atoms with E-state index in [1.54, 1.807) is 0 Å². The molecule has 1 aliphatic carbocycles. The maximum Gasteiger partial charge on any atom is 0.325 e. The maximum atomic E-state index is 12.5. The molecule has 2 aliphatic rings. The van der Waals surface area contributed by atoms with Crippen LogP contribution in [-0.4, -0.2) is 66.3 Å². The average Bonchev–Trinajstić information content (AvgIpc) is 2.72. The Morgan fingerprint density at radius 3 is 2.50 bits per heavy atom. The highest BCUT2D eigenvalue weighted by molar-refractivity contribution is 6.09. The van der Waals surface area contributed by atoms with Crippen LogP contribution < -0.4 is 10.6 Å². The molecule has 1 saturated heterocycles. The third kappa shape index (κ3) is 3.05. The van der Waals surface area contributed by atoms with Gasteiger partial charge in [0.15, 0.2) is 0 Å². The van der Waals surface area contributed by atoms with Gasteiger partial charge in [0.05, 0.1) is 6.54 Å². The molecule has 122 valence electrons. The summed E-state index contributed by atoms with van der Waals surface area (Å²) in [5.74, 6) is -1.07. The lowest BCUT2D eigenvalue weighted by Crippen LogP contribution is -2.49. The Kier molecular flexibility index (Phi) is 4.68. The fourth-order valence-electron chi connectivity index (χ4n) is 2.95. The first kappa shape index (κ1) is 16.3. The number of nitrogens with one attached hydrogen (secondary N) is 2. The summed E-state index contributed by atoms with van der Waals surface area (Å²) in [5, 5.41) is 5.17. The van der Waals surface area contributed by atoms with E-state index in [1.165, 1.54) is 19.0 Å². The summed E-state index contributed by atoms with van der Waals surface area (Å²) >= 11 is 0. The smallest absolute Gasteiger partial charge is 0.325 e. The van der Waals surface area contributed by atoms with Crippen LogP contribution in [0, 0.1) is 0 Å². The van der Waals surface area contributed by atoms with Crippen molar-refractivity contribution in [1.82, 2.24) is 20.4 Å². The Morgan fingerprint density at radius 2 is 1.91 bits per heavy atom. The molecule has 22 heavy (non-hydrogen) atoms. The quantitative estimate of drug-likeness (QED) is 0.680. The fourth-order valence-corrected chi connectivity index (χ4v) is 2.95. The second-order valence-electron chi connectivity index (χ2n) is 5.89. The molecule has 0 radical (unpaired) electrons. The van der Waals surface area contributed by atoms with Crippen LogP contribution in [0.2, 0.25) is 0 Å². The summed E-state index contributed by atoms with van der Waals surface area (Å²) in [4.78, 5) is 50.1. The highest BCUT2D eigenvalue weighted by Crippen LogP contribution is 2.33.